The molecule has 0 radical (unpaired) electrons. The Morgan fingerprint density at radius 2 is 1.56 bits per heavy atom. The molecule has 2 nitrogen and oxygen atoms in total. The third-order valence-electron chi connectivity index (χ3n) is 3.90. The van der Waals surface area contributed by atoms with E-state index in [1.165, 1.54) is 32.1 Å². The standard InChI is InChI=1S/C14H31NO/c1-5-8-9-10-11-12-13(15)14(6-2,7-3)16-4/h13H,5-12,15H2,1-4H3. The first kappa shape index (κ1) is 15.9. The van der Waals surface area contributed by atoms with Gasteiger partial charge in [-0.2, -0.15) is 0 Å². The van der Waals surface area contributed by atoms with E-state index in [1.807, 2.05) is 0 Å². The molecule has 0 saturated carbocycles. The first-order valence-electron chi connectivity index (χ1n) is 6.97. The van der Waals surface area contributed by atoms with Gasteiger partial charge in [-0.15, -0.1) is 0 Å². The van der Waals surface area contributed by atoms with E-state index in [1.54, 1.807) is 7.11 Å². The Morgan fingerprint density at radius 1 is 1.00 bits per heavy atom. The maximum Gasteiger partial charge on any atom is 0.0823 e. The van der Waals surface area contributed by atoms with Crippen molar-refractivity contribution in [2.45, 2.75) is 83.8 Å². The van der Waals surface area contributed by atoms with E-state index in [-0.39, 0.29) is 11.6 Å². The highest BCUT2D eigenvalue weighted by Gasteiger charge is 2.32. The largest absolute Gasteiger partial charge is 0.377 e. The van der Waals surface area contributed by atoms with Crippen LogP contribution >= 0.6 is 0 Å². The summed E-state index contributed by atoms with van der Waals surface area (Å²) in [6, 6.07) is 0.189. The summed E-state index contributed by atoms with van der Waals surface area (Å²) in [7, 11) is 1.80. The molecule has 0 spiro atoms. The monoisotopic (exact) mass is 229 g/mol. The molecule has 98 valence electrons. The Balaban J connectivity index is 3.88. The van der Waals surface area contributed by atoms with Gasteiger partial charge in [0, 0.05) is 13.2 Å². The molecule has 0 aromatic heterocycles. The second-order valence-electron chi connectivity index (χ2n) is 4.79. The van der Waals surface area contributed by atoms with Crippen LogP contribution in [0, 0.1) is 0 Å². The van der Waals surface area contributed by atoms with Crippen molar-refractivity contribution in [3.05, 3.63) is 0 Å². The molecule has 0 aliphatic carbocycles. The molecule has 0 aliphatic heterocycles. The average Bonchev–Trinajstić information content (AvgIpc) is 2.32. The van der Waals surface area contributed by atoms with Crippen LogP contribution < -0.4 is 5.73 Å². The van der Waals surface area contributed by atoms with Crippen LogP contribution in [0.25, 0.3) is 0 Å². The summed E-state index contributed by atoms with van der Waals surface area (Å²) < 4.78 is 5.65. The van der Waals surface area contributed by atoms with Gasteiger partial charge in [0.15, 0.2) is 0 Å². The number of hydrogen-bond acceptors (Lipinski definition) is 2. The number of nitrogens with two attached hydrogens (primary N) is 1. The Kier molecular flexibility index (Phi) is 8.96. The first-order valence-corrected chi connectivity index (χ1v) is 6.97. The Hall–Kier alpha value is -0.0800. The summed E-state index contributed by atoms with van der Waals surface area (Å²) in [5.41, 5.74) is 6.18. The summed E-state index contributed by atoms with van der Waals surface area (Å²) in [5.74, 6) is 0. The van der Waals surface area contributed by atoms with Gasteiger partial charge in [-0.05, 0) is 19.3 Å². The van der Waals surface area contributed by atoms with Crippen molar-refractivity contribution in [1.82, 2.24) is 0 Å². The normalized spacial score (nSPS) is 14.1. The Morgan fingerprint density at radius 3 is 2.00 bits per heavy atom. The highest BCUT2D eigenvalue weighted by molar-refractivity contribution is 4.88. The first-order chi connectivity index (χ1) is 7.66. The van der Waals surface area contributed by atoms with Crippen molar-refractivity contribution in [3.8, 4) is 0 Å². The lowest BCUT2D eigenvalue weighted by molar-refractivity contribution is -0.0399. The zero-order chi connectivity index (χ0) is 12.4. The van der Waals surface area contributed by atoms with Gasteiger partial charge in [0.1, 0.15) is 0 Å². The fourth-order valence-electron chi connectivity index (χ4n) is 2.45. The number of hydrogen-bond donors (Lipinski definition) is 1. The van der Waals surface area contributed by atoms with Crippen molar-refractivity contribution < 1.29 is 4.74 Å². The summed E-state index contributed by atoms with van der Waals surface area (Å²) in [5, 5.41) is 0. The van der Waals surface area contributed by atoms with E-state index in [0.717, 1.165) is 19.3 Å². The average molecular weight is 229 g/mol. The third-order valence-corrected chi connectivity index (χ3v) is 3.90. The van der Waals surface area contributed by atoms with Gasteiger partial charge in [-0.25, -0.2) is 0 Å². The maximum atomic E-state index is 6.27. The van der Waals surface area contributed by atoms with E-state index in [2.05, 4.69) is 20.8 Å². The molecule has 0 rings (SSSR count). The molecular formula is C14H31NO. The summed E-state index contributed by atoms with van der Waals surface area (Å²) in [6.45, 7) is 6.59. The van der Waals surface area contributed by atoms with Crippen LogP contribution in [0.3, 0.4) is 0 Å². The molecule has 0 saturated heterocycles. The van der Waals surface area contributed by atoms with Gasteiger partial charge in [0.25, 0.3) is 0 Å². The fourth-order valence-corrected chi connectivity index (χ4v) is 2.45. The number of ether oxygens (including phenoxy) is 1. The van der Waals surface area contributed by atoms with E-state index < -0.39 is 0 Å². The van der Waals surface area contributed by atoms with Gasteiger partial charge in [-0.1, -0.05) is 52.9 Å². The third kappa shape index (κ3) is 4.84. The van der Waals surface area contributed by atoms with Gasteiger partial charge in [0.05, 0.1) is 5.60 Å². The van der Waals surface area contributed by atoms with Gasteiger partial charge in [0.2, 0.25) is 0 Å². The lowest BCUT2D eigenvalue weighted by Crippen LogP contribution is -2.48. The molecule has 1 unspecified atom stereocenters. The van der Waals surface area contributed by atoms with Gasteiger partial charge < -0.3 is 10.5 Å². The maximum absolute atomic E-state index is 6.27. The molecule has 2 N–H and O–H groups in total. The van der Waals surface area contributed by atoms with Crippen LogP contribution in [0.2, 0.25) is 0 Å². The summed E-state index contributed by atoms with van der Waals surface area (Å²) in [4.78, 5) is 0. The lowest BCUT2D eigenvalue weighted by atomic mass is 9.85. The van der Waals surface area contributed by atoms with Gasteiger partial charge >= 0.3 is 0 Å². The van der Waals surface area contributed by atoms with Crippen LogP contribution in [0.15, 0.2) is 0 Å². The fraction of sp³-hybridized carbons (Fsp3) is 1.00. The molecule has 0 fully saturated rings. The number of rotatable bonds is 10. The zero-order valence-corrected chi connectivity index (χ0v) is 11.7. The molecular weight excluding hydrogens is 198 g/mol. The van der Waals surface area contributed by atoms with Crippen LogP contribution in [-0.4, -0.2) is 18.8 Å². The van der Waals surface area contributed by atoms with Crippen molar-refractivity contribution >= 4 is 0 Å². The smallest absolute Gasteiger partial charge is 0.0823 e. The molecule has 0 amide bonds. The van der Waals surface area contributed by atoms with Gasteiger partial charge in [-0.3, -0.25) is 0 Å². The molecule has 1 atom stereocenters. The second-order valence-corrected chi connectivity index (χ2v) is 4.79. The molecule has 0 aromatic rings. The zero-order valence-electron chi connectivity index (χ0n) is 11.7. The van der Waals surface area contributed by atoms with Crippen LogP contribution in [0.5, 0.6) is 0 Å². The second kappa shape index (κ2) is 9.00. The quantitative estimate of drug-likeness (QED) is 0.577. The topological polar surface area (TPSA) is 35.2 Å². The van der Waals surface area contributed by atoms with Crippen LogP contribution in [0.4, 0.5) is 0 Å². The molecule has 2 heteroatoms. The van der Waals surface area contributed by atoms with E-state index >= 15 is 0 Å². The molecule has 0 heterocycles. The van der Waals surface area contributed by atoms with Crippen LogP contribution in [-0.2, 0) is 4.74 Å². The predicted octanol–water partition coefficient (Wildman–Crippen LogP) is 3.88. The molecule has 0 bridgehead atoms. The van der Waals surface area contributed by atoms with E-state index in [0.29, 0.717) is 0 Å². The molecule has 0 aromatic carbocycles. The SMILES string of the molecule is CCCCCCCC(N)C(CC)(CC)OC. The lowest BCUT2D eigenvalue weighted by Gasteiger charge is -2.36. The van der Waals surface area contributed by atoms with Crippen molar-refractivity contribution in [2.24, 2.45) is 5.73 Å². The molecule has 0 aliphatic rings. The summed E-state index contributed by atoms with van der Waals surface area (Å²) in [6.07, 6.45) is 9.68. The predicted molar refractivity (Wildman–Crippen MR) is 71.7 cm³/mol. The minimum absolute atomic E-state index is 0.0925. The Bertz CT molecular complexity index is 147. The van der Waals surface area contributed by atoms with E-state index in [4.69, 9.17) is 10.5 Å². The highest BCUT2D eigenvalue weighted by atomic mass is 16.5. The minimum atomic E-state index is -0.0925. The van der Waals surface area contributed by atoms with Crippen molar-refractivity contribution in [3.63, 3.8) is 0 Å². The number of unbranched alkanes of at least 4 members (excludes halogenated alkanes) is 4. The number of methoxy groups -OCH3 is 1. The molecule has 16 heavy (non-hydrogen) atoms. The van der Waals surface area contributed by atoms with Crippen molar-refractivity contribution in [1.29, 1.82) is 0 Å². The van der Waals surface area contributed by atoms with E-state index in [9.17, 15) is 0 Å². The minimum Gasteiger partial charge on any atom is -0.377 e. The van der Waals surface area contributed by atoms with Crippen molar-refractivity contribution in [2.75, 3.05) is 7.11 Å². The highest BCUT2D eigenvalue weighted by Crippen LogP contribution is 2.26. The van der Waals surface area contributed by atoms with Crippen LogP contribution in [0.1, 0.15) is 72.1 Å². The summed E-state index contributed by atoms with van der Waals surface area (Å²) >= 11 is 0. The Labute approximate surface area is 102 Å².